The average Bonchev–Trinajstić information content (AvgIpc) is 2.96. The first-order valence-electron chi connectivity index (χ1n) is 7.77. The maximum absolute atomic E-state index is 12.4. The van der Waals surface area contributed by atoms with Crippen molar-refractivity contribution >= 4 is 17.2 Å². The highest BCUT2D eigenvalue weighted by molar-refractivity contribution is 7.17. The van der Waals surface area contributed by atoms with Gasteiger partial charge in [0.05, 0.1) is 5.69 Å². The molecule has 0 spiro atoms. The van der Waals surface area contributed by atoms with E-state index in [1.807, 2.05) is 6.92 Å². The van der Waals surface area contributed by atoms with Gasteiger partial charge in [-0.3, -0.25) is 4.79 Å². The first-order chi connectivity index (χ1) is 10.7. The van der Waals surface area contributed by atoms with Crippen LogP contribution in [0, 0.1) is 12.8 Å². The van der Waals surface area contributed by atoms with E-state index in [9.17, 15) is 4.79 Å². The number of amides is 1. The van der Waals surface area contributed by atoms with Crippen molar-refractivity contribution in [3.8, 4) is 10.8 Å². The minimum Gasteiger partial charge on any atom is -0.351 e. The Morgan fingerprint density at radius 1 is 1.27 bits per heavy atom. The van der Waals surface area contributed by atoms with Crippen molar-refractivity contribution in [3.05, 3.63) is 29.0 Å². The van der Waals surface area contributed by atoms with Crippen molar-refractivity contribution in [2.45, 2.75) is 39.0 Å². The summed E-state index contributed by atoms with van der Waals surface area (Å²) in [6.07, 6.45) is 9.73. The van der Waals surface area contributed by atoms with Gasteiger partial charge < -0.3 is 5.32 Å². The summed E-state index contributed by atoms with van der Waals surface area (Å²) in [6, 6.07) is 1.77. The van der Waals surface area contributed by atoms with Crippen LogP contribution < -0.4 is 5.32 Å². The number of hydrogen-bond donors (Lipinski definition) is 1. The van der Waals surface area contributed by atoms with Crippen LogP contribution in [0.3, 0.4) is 0 Å². The number of nitrogens with zero attached hydrogens (tertiary/aromatic N) is 3. The second-order valence-corrected chi connectivity index (χ2v) is 6.72. The third-order valence-electron chi connectivity index (χ3n) is 4.04. The molecule has 0 unspecified atom stereocenters. The highest BCUT2D eigenvalue weighted by atomic mass is 32.1. The van der Waals surface area contributed by atoms with E-state index in [2.05, 4.69) is 20.3 Å². The highest BCUT2D eigenvalue weighted by Crippen LogP contribution is 2.26. The predicted molar refractivity (Wildman–Crippen MR) is 86.8 cm³/mol. The Labute approximate surface area is 134 Å². The number of aromatic nitrogens is 3. The largest absolute Gasteiger partial charge is 0.351 e. The second kappa shape index (κ2) is 6.96. The van der Waals surface area contributed by atoms with Gasteiger partial charge in [0.2, 0.25) is 0 Å². The van der Waals surface area contributed by atoms with Crippen LogP contribution in [0.1, 0.15) is 47.5 Å². The van der Waals surface area contributed by atoms with Gasteiger partial charge in [-0.1, -0.05) is 19.3 Å². The summed E-state index contributed by atoms with van der Waals surface area (Å²) < 4.78 is 0. The zero-order valence-electron chi connectivity index (χ0n) is 12.7. The van der Waals surface area contributed by atoms with Gasteiger partial charge in [-0.2, -0.15) is 0 Å². The molecule has 0 atom stereocenters. The molecule has 5 nitrogen and oxygen atoms in total. The number of nitrogens with one attached hydrogen (secondary N) is 1. The van der Waals surface area contributed by atoms with Crippen molar-refractivity contribution in [2.24, 2.45) is 5.92 Å². The van der Waals surface area contributed by atoms with Crippen LogP contribution in [0.25, 0.3) is 10.8 Å². The highest BCUT2D eigenvalue weighted by Gasteiger charge is 2.19. The van der Waals surface area contributed by atoms with E-state index in [4.69, 9.17) is 0 Å². The lowest BCUT2D eigenvalue weighted by Crippen LogP contribution is -2.30. The normalized spacial score (nSPS) is 15.7. The third kappa shape index (κ3) is 3.50. The van der Waals surface area contributed by atoms with E-state index in [0.29, 0.717) is 21.6 Å². The van der Waals surface area contributed by atoms with Gasteiger partial charge in [-0.15, -0.1) is 11.3 Å². The van der Waals surface area contributed by atoms with E-state index in [0.717, 1.165) is 12.2 Å². The number of rotatable bonds is 4. The molecule has 1 amide bonds. The lowest BCUT2D eigenvalue weighted by atomic mass is 9.89. The van der Waals surface area contributed by atoms with Crippen LogP contribution in [0.15, 0.2) is 18.5 Å². The molecule has 22 heavy (non-hydrogen) atoms. The van der Waals surface area contributed by atoms with Gasteiger partial charge in [0.15, 0.2) is 10.8 Å². The monoisotopic (exact) mass is 316 g/mol. The van der Waals surface area contributed by atoms with Crippen LogP contribution in [-0.4, -0.2) is 27.4 Å². The van der Waals surface area contributed by atoms with Gasteiger partial charge >= 0.3 is 0 Å². The van der Waals surface area contributed by atoms with E-state index >= 15 is 0 Å². The zero-order chi connectivity index (χ0) is 15.4. The molecule has 6 heteroatoms. The fourth-order valence-electron chi connectivity index (χ4n) is 2.82. The van der Waals surface area contributed by atoms with E-state index < -0.39 is 0 Å². The minimum absolute atomic E-state index is 0.0252. The Morgan fingerprint density at radius 3 is 2.73 bits per heavy atom. The first-order valence-corrected chi connectivity index (χ1v) is 8.58. The van der Waals surface area contributed by atoms with Gasteiger partial charge in [-0.05, 0) is 31.7 Å². The standard InChI is InChI=1S/C16H20N4OS/c1-11-13(15(21)19-10-12-6-3-2-4-7-12)22-16(20-11)14-17-8-5-9-18-14/h5,8-9,12H,2-4,6-7,10H2,1H3,(H,19,21). The maximum atomic E-state index is 12.4. The molecule has 0 aliphatic heterocycles. The molecule has 0 saturated heterocycles. The van der Waals surface area contributed by atoms with Crippen molar-refractivity contribution in [1.29, 1.82) is 0 Å². The van der Waals surface area contributed by atoms with Crippen LogP contribution in [0.2, 0.25) is 0 Å². The molecule has 0 bridgehead atoms. The van der Waals surface area contributed by atoms with E-state index in [-0.39, 0.29) is 5.91 Å². The fourth-order valence-corrected chi connectivity index (χ4v) is 3.75. The number of aryl methyl sites for hydroxylation is 1. The van der Waals surface area contributed by atoms with Crippen molar-refractivity contribution in [2.75, 3.05) is 6.54 Å². The van der Waals surface area contributed by atoms with Crippen LogP contribution in [0.5, 0.6) is 0 Å². The van der Waals surface area contributed by atoms with Gasteiger partial charge in [0.1, 0.15) is 4.88 Å². The van der Waals surface area contributed by atoms with Crippen LogP contribution in [-0.2, 0) is 0 Å². The fraction of sp³-hybridized carbons (Fsp3) is 0.500. The molecule has 2 heterocycles. The van der Waals surface area contributed by atoms with Gasteiger partial charge in [0, 0.05) is 18.9 Å². The van der Waals surface area contributed by atoms with Gasteiger partial charge in [0.25, 0.3) is 5.91 Å². The topological polar surface area (TPSA) is 67.8 Å². The summed E-state index contributed by atoms with van der Waals surface area (Å²) in [7, 11) is 0. The van der Waals surface area contributed by atoms with Crippen LogP contribution in [0.4, 0.5) is 0 Å². The Balaban J connectivity index is 1.66. The molecule has 116 valence electrons. The van der Waals surface area contributed by atoms with E-state index in [1.54, 1.807) is 18.5 Å². The first kappa shape index (κ1) is 15.1. The van der Waals surface area contributed by atoms with Crippen molar-refractivity contribution in [1.82, 2.24) is 20.3 Å². The second-order valence-electron chi connectivity index (χ2n) is 5.72. The minimum atomic E-state index is -0.0252. The molecule has 2 aromatic rings. The summed E-state index contributed by atoms with van der Waals surface area (Å²) >= 11 is 1.36. The Morgan fingerprint density at radius 2 is 2.00 bits per heavy atom. The number of thiazole rings is 1. The molecule has 1 saturated carbocycles. The number of hydrogen-bond acceptors (Lipinski definition) is 5. The van der Waals surface area contributed by atoms with Crippen molar-refractivity contribution < 1.29 is 4.79 Å². The molecule has 0 aromatic carbocycles. The molecule has 1 fully saturated rings. The molecular formula is C16H20N4OS. The SMILES string of the molecule is Cc1nc(-c2ncccn2)sc1C(=O)NCC1CCCCC1. The lowest BCUT2D eigenvalue weighted by molar-refractivity contribution is 0.0947. The molecule has 0 radical (unpaired) electrons. The van der Waals surface area contributed by atoms with Gasteiger partial charge in [-0.25, -0.2) is 15.0 Å². The Hall–Kier alpha value is -1.82. The maximum Gasteiger partial charge on any atom is 0.263 e. The quantitative estimate of drug-likeness (QED) is 0.940. The lowest BCUT2D eigenvalue weighted by Gasteiger charge is -2.21. The molecule has 1 aliphatic rings. The number of carbonyl (C=O) groups is 1. The average molecular weight is 316 g/mol. The Kier molecular flexibility index (Phi) is 4.77. The summed E-state index contributed by atoms with van der Waals surface area (Å²) in [5.41, 5.74) is 0.744. The molecule has 1 N–H and O–H groups in total. The third-order valence-corrected chi connectivity index (χ3v) is 5.19. The molecular weight excluding hydrogens is 296 g/mol. The van der Waals surface area contributed by atoms with Crippen molar-refractivity contribution in [3.63, 3.8) is 0 Å². The smallest absolute Gasteiger partial charge is 0.263 e. The zero-order valence-corrected chi connectivity index (χ0v) is 13.5. The van der Waals surface area contributed by atoms with Crippen LogP contribution >= 0.6 is 11.3 Å². The Bertz CT molecular complexity index is 635. The summed E-state index contributed by atoms with van der Waals surface area (Å²) in [5, 5.41) is 3.76. The molecule has 3 rings (SSSR count). The summed E-state index contributed by atoms with van der Waals surface area (Å²) in [6.45, 7) is 2.63. The molecule has 1 aliphatic carbocycles. The predicted octanol–water partition coefficient (Wildman–Crippen LogP) is 3.22. The molecule has 2 aromatic heterocycles. The summed E-state index contributed by atoms with van der Waals surface area (Å²) in [4.78, 5) is 25.8. The number of carbonyl (C=O) groups excluding carboxylic acids is 1. The van der Waals surface area contributed by atoms with E-state index in [1.165, 1.54) is 43.4 Å². The summed E-state index contributed by atoms with van der Waals surface area (Å²) in [5.74, 6) is 1.17.